The zero-order valence-electron chi connectivity index (χ0n) is 11.4. The molecule has 3 heterocycles. The number of anilines is 1. The molecule has 0 radical (unpaired) electrons. The van der Waals surface area contributed by atoms with E-state index >= 15 is 0 Å². The third kappa shape index (κ3) is 2.81. The third-order valence-electron chi connectivity index (χ3n) is 3.39. The molecule has 0 aliphatic carbocycles. The van der Waals surface area contributed by atoms with E-state index in [-0.39, 0.29) is 6.42 Å². The van der Waals surface area contributed by atoms with Crippen LogP contribution < -0.4 is 10.1 Å². The molecule has 2 aromatic rings. The van der Waals surface area contributed by atoms with Crippen molar-refractivity contribution in [2.45, 2.75) is 19.3 Å². The largest absolute Gasteiger partial charge is 0.492 e. The molecule has 1 aliphatic rings. The Kier molecular flexibility index (Phi) is 3.72. The van der Waals surface area contributed by atoms with Crippen LogP contribution in [0, 0.1) is 0 Å². The van der Waals surface area contributed by atoms with Crippen LogP contribution in [0.3, 0.4) is 0 Å². The molecule has 0 spiro atoms. The smallest absolute Gasteiger partial charge is 0.303 e. The van der Waals surface area contributed by atoms with Crippen LogP contribution in [0.15, 0.2) is 18.6 Å². The van der Waals surface area contributed by atoms with Crippen LogP contribution in [-0.2, 0) is 11.2 Å². The molecular weight excluding hydrogens is 272 g/mol. The highest BCUT2D eigenvalue weighted by molar-refractivity contribution is 5.74. The Labute approximate surface area is 121 Å². The van der Waals surface area contributed by atoms with Crippen LogP contribution in [0.2, 0.25) is 0 Å². The monoisotopic (exact) mass is 288 g/mol. The van der Waals surface area contributed by atoms with Gasteiger partial charge in [0.25, 0.3) is 0 Å². The first kappa shape index (κ1) is 13.4. The van der Waals surface area contributed by atoms with Crippen molar-refractivity contribution in [3.63, 3.8) is 0 Å². The second-order valence-electron chi connectivity index (χ2n) is 4.84. The Hall–Kier alpha value is -2.57. The van der Waals surface area contributed by atoms with E-state index in [9.17, 15) is 4.79 Å². The minimum atomic E-state index is -0.784. The number of hydrogen-bond donors (Lipinski definition) is 3. The standard InChI is InChI=1S/C14H16N4O3/c19-12(20)2-1-4-15-14-10-3-5-21-13(10)11(8-16-14)9-6-17-18-7-9/h6-8H,1-5H2,(H,15,16)(H,17,18)(H,19,20). The first-order valence-electron chi connectivity index (χ1n) is 6.85. The molecule has 21 heavy (non-hydrogen) atoms. The maximum absolute atomic E-state index is 10.5. The van der Waals surface area contributed by atoms with Crippen LogP contribution in [0.1, 0.15) is 18.4 Å². The Bertz CT molecular complexity index is 640. The SMILES string of the molecule is O=C(O)CCCNc1ncc(-c2cn[nH]c2)c2c1CCO2. The number of fused-ring (bicyclic) bond motifs is 1. The normalized spacial score (nSPS) is 12.8. The van der Waals surface area contributed by atoms with Gasteiger partial charge in [0, 0.05) is 48.5 Å². The number of nitrogens with one attached hydrogen (secondary N) is 2. The number of nitrogens with zero attached hydrogens (tertiary/aromatic N) is 2. The lowest BCUT2D eigenvalue weighted by Gasteiger charge is -2.11. The van der Waals surface area contributed by atoms with Gasteiger partial charge in [-0.3, -0.25) is 9.89 Å². The maximum Gasteiger partial charge on any atom is 0.303 e. The quantitative estimate of drug-likeness (QED) is 0.699. The number of carbonyl (C=O) groups is 1. The van der Waals surface area contributed by atoms with Crippen molar-refractivity contribution in [2.75, 3.05) is 18.5 Å². The number of pyridine rings is 1. The average Bonchev–Trinajstić information content (AvgIpc) is 3.14. The predicted molar refractivity (Wildman–Crippen MR) is 76.4 cm³/mol. The molecule has 0 unspecified atom stereocenters. The van der Waals surface area contributed by atoms with E-state index in [2.05, 4.69) is 20.5 Å². The number of hydrogen-bond acceptors (Lipinski definition) is 5. The summed E-state index contributed by atoms with van der Waals surface area (Å²) in [6.07, 6.45) is 6.82. The van der Waals surface area contributed by atoms with Crippen LogP contribution >= 0.6 is 0 Å². The van der Waals surface area contributed by atoms with Crippen LogP contribution in [0.5, 0.6) is 5.75 Å². The topological polar surface area (TPSA) is 100 Å². The van der Waals surface area contributed by atoms with Gasteiger partial charge in [-0.15, -0.1) is 0 Å². The molecule has 7 heteroatoms. The zero-order valence-corrected chi connectivity index (χ0v) is 11.4. The van der Waals surface area contributed by atoms with Crippen LogP contribution in [0.25, 0.3) is 11.1 Å². The molecule has 3 N–H and O–H groups in total. The molecule has 2 aromatic heterocycles. The van der Waals surface area contributed by atoms with Gasteiger partial charge in [-0.2, -0.15) is 5.10 Å². The second kappa shape index (κ2) is 5.82. The number of carboxylic acids is 1. The fourth-order valence-electron chi connectivity index (χ4n) is 2.39. The Morgan fingerprint density at radius 3 is 3.14 bits per heavy atom. The lowest BCUT2D eigenvalue weighted by molar-refractivity contribution is -0.137. The maximum atomic E-state index is 10.5. The Balaban J connectivity index is 1.78. The molecule has 3 rings (SSSR count). The zero-order chi connectivity index (χ0) is 14.7. The molecular formula is C14H16N4O3. The number of aliphatic carboxylic acids is 1. The first-order valence-corrected chi connectivity index (χ1v) is 6.85. The van der Waals surface area contributed by atoms with Gasteiger partial charge in [0.05, 0.1) is 12.8 Å². The van der Waals surface area contributed by atoms with Crippen molar-refractivity contribution in [1.29, 1.82) is 0 Å². The minimum absolute atomic E-state index is 0.152. The van der Waals surface area contributed by atoms with Crippen LogP contribution in [0.4, 0.5) is 5.82 Å². The van der Waals surface area contributed by atoms with Gasteiger partial charge < -0.3 is 15.2 Å². The van der Waals surface area contributed by atoms with Crippen molar-refractivity contribution < 1.29 is 14.6 Å². The minimum Gasteiger partial charge on any atom is -0.492 e. The number of aromatic amines is 1. The summed E-state index contributed by atoms with van der Waals surface area (Å²) in [5.41, 5.74) is 2.91. The van der Waals surface area contributed by atoms with Gasteiger partial charge in [-0.25, -0.2) is 4.98 Å². The summed E-state index contributed by atoms with van der Waals surface area (Å²) in [5, 5.41) is 18.6. The summed E-state index contributed by atoms with van der Waals surface area (Å²) >= 11 is 0. The molecule has 0 saturated heterocycles. The highest BCUT2D eigenvalue weighted by Gasteiger charge is 2.22. The van der Waals surface area contributed by atoms with Gasteiger partial charge in [0.1, 0.15) is 11.6 Å². The Morgan fingerprint density at radius 1 is 1.48 bits per heavy atom. The highest BCUT2D eigenvalue weighted by atomic mass is 16.5. The van der Waals surface area contributed by atoms with Gasteiger partial charge >= 0.3 is 5.97 Å². The summed E-state index contributed by atoms with van der Waals surface area (Å²) in [5.74, 6) is 0.834. The van der Waals surface area contributed by atoms with E-state index in [0.717, 1.165) is 34.7 Å². The molecule has 0 aromatic carbocycles. The van der Waals surface area contributed by atoms with Crippen molar-refractivity contribution in [2.24, 2.45) is 0 Å². The number of ether oxygens (including phenoxy) is 1. The summed E-state index contributed by atoms with van der Waals surface area (Å²) in [7, 11) is 0. The molecule has 0 atom stereocenters. The van der Waals surface area contributed by atoms with Gasteiger partial charge in [-0.1, -0.05) is 0 Å². The number of carboxylic acid groups (broad SMARTS) is 1. The van der Waals surface area contributed by atoms with Crippen molar-refractivity contribution in [1.82, 2.24) is 15.2 Å². The molecule has 0 saturated carbocycles. The average molecular weight is 288 g/mol. The molecule has 0 fully saturated rings. The van der Waals surface area contributed by atoms with E-state index < -0.39 is 5.97 Å². The van der Waals surface area contributed by atoms with E-state index in [1.165, 1.54) is 0 Å². The summed E-state index contributed by atoms with van der Waals surface area (Å²) < 4.78 is 5.72. The van der Waals surface area contributed by atoms with E-state index in [1.807, 2.05) is 0 Å². The molecule has 7 nitrogen and oxygen atoms in total. The number of rotatable bonds is 6. The Morgan fingerprint density at radius 2 is 2.38 bits per heavy atom. The molecule has 0 amide bonds. The second-order valence-corrected chi connectivity index (χ2v) is 4.84. The van der Waals surface area contributed by atoms with Crippen molar-refractivity contribution in [3.8, 4) is 16.9 Å². The first-order chi connectivity index (χ1) is 10.3. The summed E-state index contributed by atoms with van der Waals surface area (Å²) in [6.45, 7) is 1.21. The lowest BCUT2D eigenvalue weighted by Crippen LogP contribution is -2.07. The highest BCUT2D eigenvalue weighted by Crippen LogP contribution is 2.39. The van der Waals surface area contributed by atoms with E-state index in [0.29, 0.717) is 19.6 Å². The third-order valence-corrected chi connectivity index (χ3v) is 3.39. The summed E-state index contributed by atoms with van der Waals surface area (Å²) in [4.78, 5) is 14.9. The summed E-state index contributed by atoms with van der Waals surface area (Å²) in [6, 6.07) is 0. The van der Waals surface area contributed by atoms with E-state index in [1.54, 1.807) is 18.6 Å². The lowest BCUT2D eigenvalue weighted by atomic mass is 10.1. The van der Waals surface area contributed by atoms with Gasteiger partial charge in [0.15, 0.2) is 0 Å². The van der Waals surface area contributed by atoms with Gasteiger partial charge in [-0.05, 0) is 6.42 Å². The fourth-order valence-corrected chi connectivity index (χ4v) is 2.39. The molecule has 1 aliphatic heterocycles. The van der Waals surface area contributed by atoms with Crippen molar-refractivity contribution >= 4 is 11.8 Å². The fraction of sp³-hybridized carbons (Fsp3) is 0.357. The molecule has 110 valence electrons. The molecule has 0 bridgehead atoms. The van der Waals surface area contributed by atoms with Crippen LogP contribution in [-0.4, -0.2) is 39.4 Å². The predicted octanol–water partition coefficient (Wildman–Crippen LogP) is 1.68. The number of aromatic nitrogens is 3. The number of H-pyrrole nitrogens is 1. The van der Waals surface area contributed by atoms with E-state index in [4.69, 9.17) is 9.84 Å². The van der Waals surface area contributed by atoms with Gasteiger partial charge in [0.2, 0.25) is 0 Å². The van der Waals surface area contributed by atoms with Crippen molar-refractivity contribution in [3.05, 3.63) is 24.2 Å².